The first kappa shape index (κ1) is 18.6. The summed E-state index contributed by atoms with van der Waals surface area (Å²) < 4.78 is 12.5. The molecule has 5 heteroatoms. The molecule has 0 aliphatic carbocycles. The fraction of sp³-hybridized carbons (Fsp3) is 0.0870. The number of hydrogen-bond donors (Lipinski definition) is 1. The number of carbonyl (C=O) groups is 1. The summed E-state index contributed by atoms with van der Waals surface area (Å²) in [5, 5.41) is 9.81. The number of ether oxygens (including phenoxy) is 2. The van der Waals surface area contributed by atoms with E-state index >= 15 is 0 Å². The fourth-order valence-corrected chi connectivity index (χ4v) is 3.53. The average molecular weight is 484 g/mol. The Morgan fingerprint density at radius 1 is 1.04 bits per heavy atom. The second kappa shape index (κ2) is 7.67. The van der Waals surface area contributed by atoms with Gasteiger partial charge in [-0.15, -0.1) is 0 Å². The van der Waals surface area contributed by atoms with Crippen molar-refractivity contribution in [2.45, 2.75) is 6.10 Å². The zero-order valence-electron chi connectivity index (χ0n) is 15.1. The summed E-state index contributed by atoms with van der Waals surface area (Å²) in [6.45, 7) is 0. The van der Waals surface area contributed by atoms with Gasteiger partial charge < -0.3 is 14.6 Å². The highest BCUT2D eigenvalue weighted by atomic mass is 127. The largest absolute Gasteiger partial charge is 0.508 e. The lowest BCUT2D eigenvalue weighted by atomic mass is 9.89. The summed E-state index contributed by atoms with van der Waals surface area (Å²) in [5.41, 5.74) is 2.64. The highest BCUT2D eigenvalue weighted by Crippen LogP contribution is 2.40. The number of fused-ring (bicyclic) bond motifs is 1. The second-order valence-corrected chi connectivity index (χ2v) is 7.68. The van der Waals surface area contributed by atoms with Crippen molar-refractivity contribution < 1.29 is 19.4 Å². The first-order chi connectivity index (χ1) is 13.5. The summed E-state index contributed by atoms with van der Waals surface area (Å²) >= 11 is 2.24. The highest BCUT2D eigenvalue weighted by Gasteiger charge is 2.33. The molecule has 0 amide bonds. The summed E-state index contributed by atoms with van der Waals surface area (Å²) in [7, 11) is 1.61. The molecule has 0 aromatic heterocycles. The lowest BCUT2D eigenvalue weighted by Crippen LogP contribution is -2.23. The molecule has 0 bridgehead atoms. The number of phenolic OH excluding ortho intramolecular Hbond substituents is 1. The van der Waals surface area contributed by atoms with E-state index in [9.17, 15) is 9.90 Å². The average Bonchev–Trinajstić information content (AvgIpc) is 2.72. The number of aromatic hydroxyl groups is 1. The normalized spacial score (nSPS) is 17.1. The van der Waals surface area contributed by atoms with Crippen molar-refractivity contribution >= 4 is 34.5 Å². The highest BCUT2D eigenvalue weighted by molar-refractivity contribution is 14.1. The molecule has 0 radical (unpaired) electrons. The third-order valence-corrected chi connectivity index (χ3v) is 5.33. The van der Waals surface area contributed by atoms with Crippen molar-refractivity contribution in [1.29, 1.82) is 0 Å². The van der Waals surface area contributed by atoms with Crippen molar-refractivity contribution in [2.24, 2.45) is 0 Å². The van der Waals surface area contributed by atoms with Crippen LogP contribution < -0.4 is 9.47 Å². The van der Waals surface area contributed by atoms with Crippen LogP contribution in [-0.4, -0.2) is 18.0 Å². The van der Waals surface area contributed by atoms with Gasteiger partial charge >= 0.3 is 0 Å². The van der Waals surface area contributed by atoms with Gasteiger partial charge in [-0.1, -0.05) is 24.3 Å². The lowest BCUT2D eigenvalue weighted by molar-refractivity contribution is 0.0963. The maximum Gasteiger partial charge on any atom is 0.196 e. The van der Waals surface area contributed by atoms with Gasteiger partial charge in [-0.3, -0.25) is 4.79 Å². The van der Waals surface area contributed by atoms with Crippen molar-refractivity contribution in [1.82, 2.24) is 0 Å². The molecular weight excluding hydrogens is 467 g/mol. The van der Waals surface area contributed by atoms with Crippen LogP contribution in [0.15, 0.2) is 72.3 Å². The summed E-state index contributed by atoms with van der Waals surface area (Å²) in [6.07, 6.45) is 1.30. The van der Waals surface area contributed by atoms with E-state index in [0.29, 0.717) is 16.9 Å². The van der Waals surface area contributed by atoms with E-state index in [4.69, 9.17) is 9.47 Å². The quantitative estimate of drug-likeness (QED) is 0.400. The van der Waals surface area contributed by atoms with E-state index in [1.807, 2.05) is 54.6 Å². The number of ketones is 1. The fourth-order valence-electron chi connectivity index (χ4n) is 3.17. The minimum absolute atomic E-state index is 0.0345. The van der Waals surface area contributed by atoms with Gasteiger partial charge in [-0.2, -0.15) is 0 Å². The molecular formula is C23H17IO4. The van der Waals surface area contributed by atoms with Gasteiger partial charge in [-0.05, 0) is 82.3 Å². The second-order valence-electron chi connectivity index (χ2n) is 6.43. The first-order valence-corrected chi connectivity index (χ1v) is 9.78. The van der Waals surface area contributed by atoms with Gasteiger partial charge in [0.2, 0.25) is 0 Å². The maximum absolute atomic E-state index is 13.3. The van der Waals surface area contributed by atoms with Crippen molar-refractivity contribution in [3.63, 3.8) is 0 Å². The third-order valence-electron chi connectivity index (χ3n) is 4.61. The summed E-state index contributed by atoms with van der Waals surface area (Å²) in [6, 6.07) is 20.0. The molecule has 4 rings (SSSR count). The molecule has 0 saturated heterocycles. The van der Waals surface area contributed by atoms with E-state index in [1.54, 1.807) is 13.2 Å². The van der Waals surface area contributed by atoms with Crippen LogP contribution in [0.5, 0.6) is 17.2 Å². The molecule has 0 spiro atoms. The van der Waals surface area contributed by atoms with Crippen LogP contribution in [-0.2, 0) is 0 Å². The van der Waals surface area contributed by atoms with Crippen LogP contribution >= 0.6 is 22.6 Å². The molecule has 3 aromatic carbocycles. The molecule has 3 aromatic rings. The SMILES string of the molecule is COc1ccc(C2Oc3ccc(O)cc3C(=O)C2=Cc2ccc(I)cc2)cc1. The minimum atomic E-state index is -0.547. The molecule has 28 heavy (non-hydrogen) atoms. The zero-order valence-corrected chi connectivity index (χ0v) is 17.2. The number of hydrogen-bond acceptors (Lipinski definition) is 4. The van der Waals surface area contributed by atoms with Gasteiger partial charge in [-0.25, -0.2) is 0 Å². The minimum Gasteiger partial charge on any atom is -0.508 e. The predicted octanol–water partition coefficient (Wildman–Crippen LogP) is 5.41. The van der Waals surface area contributed by atoms with Gasteiger partial charge in [0.25, 0.3) is 0 Å². The van der Waals surface area contributed by atoms with Gasteiger partial charge in [0.05, 0.1) is 12.7 Å². The molecule has 1 aliphatic rings. The predicted molar refractivity (Wildman–Crippen MR) is 116 cm³/mol. The number of phenols is 1. The van der Waals surface area contributed by atoms with Crippen molar-refractivity contribution in [3.8, 4) is 17.2 Å². The Morgan fingerprint density at radius 3 is 2.43 bits per heavy atom. The molecule has 140 valence electrons. The summed E-state index contributed by atoms with van der Waals surface area (Å²) in [4.78, 5) is 13.3. The van der Waals surface area contributed by atoms with Crippen LogP contribution in [0.25, 0.3) is 6.08 Å². The van der Waals surface area contributed by atoms with Gasteiger partial charge in [0.15, 0.2) is 11.9 Å². The molecule has 4 nitrogen and oxygen atoms in total. The zero-order chi connectivity index (χ0) is 19.7. The number of carbonyl (C=O) groups excluding carboxylic acids is 1. The monoisotopic (exact) mass is 484 g/mol. The Hall–Kier alpha value is -2.80. The van der Waals surface area contributed by atoms with Gasteiger partial charge in [0, 0.05) is 9.14 Å². The first-order valence-electron chi connectivity index (χ1n) is 8.70. The van der Waals surface area contributed by atoms with Crippen molar-refractivity contribution in [3.05, 3.63) is 92.6 Å². The van der Waals surface area contributed by atoms with Crippen LogP contribution in [0.2, 0.25) is 0 Å². The van der Waals surface area contributed by atoms with Crippen LogP contribution in [0.3, 0.4) is 0 Å². The van der Waals surface area contributed by atoms with E-state index in [0.717, 1.165) is 20.4 Å². The van der Waals surface area contributed by atoms with E-state index < -0.39 is 6.10 Å². The third kappa shape index (κ3) is 3.62. The number of benzene rings is 3. The van der Waals surface area contributed by atoms with E-state index in [-0.39, 0.29) is 11.5 Å². The van der Waals surface area contributed by atoms with Crippen molar-refractivity contribution in [2.75, 3.05) is 7.11 Å². The molecule has 0 fully saturated rings. The van der Waals surface area contributed by atoms with E-state index in [2.05, 4.69) is 22.6 Å². The lowest BCUT2D eigenvalue weighted by Gasteiger charge is -2.28. The molecule has 1 atom stereocenters. The molecule has 1 unspecified atom stereocenters. The number of halogens is 1. The Labute approximate surface area is 176 Å². The molecule has 1 aliphatic heterocycles. The maximum atomic E-state index is 13.3. The Kier molecular flexibility index (Phi) is 5.09. The topological polar surface area (TPSA) is 55.8 Å². The molecule has 1 heterocycles. The van der Waals surface area contributed by atoms with E-state index in [1.165, 1.54) is 12.1 Å². The molecule has 0 saturated carbocycles. The smallest absolute Gasteiger partial charge is 0.196 e. The standard InChI is InChI=1S/C23H17IO4/c1-27-18-9-4-15(5-10-18)23-20(12-14-2-6-16(24)7-3-14)22(26)19-13-17(25)8-11-21(19)28-23/h2-13,23,25H,1H3. The Balaban J connectivity index is 1.83. The number of rotatable bonds is 3. The van der Waals surface area contributed by atoms with Gasteiger partial charge in [0.1, 0.15) is 17.2 Å². The van der Waals surface area contributed by atoms with Crippen LogP contribution in [0.1, 0.15) is 27.6 Å². The Bertz CT molecular complexity index is 1050. The Morgan fingerprint density at radius 2 is 1.75 bits per heavy atom. The van der Waals surface area contributed by atoms with Crippen LogP contribution in [0.4, 0.5) is 0 Å². The number of Topliss-reactive ketones (excluding diaryl/α,β-unsaturated/α-hetero) is 1. The van der Waals surface area contributed by atoms with Crippen LogP contribution in [0, 0.1) is 3.57 Å². The number of methoxy groups -OCH3 is 1. The molecule has 1 N–H and O–H groups in total. The summed E-state index contributed by atoms with van der Waals surface area (Å²) in [5.74, 6) is 1.08.